The lowest BCUT2D eigenvalue weighted by atomic mass is 9.95. The van der Waals surface area contributed by atoms with E-state index in [1.165, 1.54) is 4.90 Å². The Kier molecular flexibility index (Phi) is 5.95. The van der Waals surface area contributed by atoms with Crippen LogP contribution in [0.15, 0.2) is 60.2 Å². The van der Waals surface area contributed by atoms with E-state index in [0.29, 0.717) is 12.1 Å². The summed E-state index contributed by atoms with van der Waals surface area (Å²) in [5, 5.41) is 13.2. The third-order valence-corrected chi connectivity index (χ3v) is 5.03. The fourth-order valence-corrected chi connectivity index (χ4v) is 3.55. The van der Waals surface area contributed by atoms with Crippen LogP contribution in [-0.2, 0) is 9.59 Å². The van der Waals surface area contributed by atoms with Crippen LogP contribution in [0.5, 0.6) is 0 Å². The van der Waals surface area contributed by atoms with Crippen molar-refractivity contribution < 1.29 is 19.6 Å². The molecule has 0 aromatic heterocycles. The van der Waals surface area contributed by atoms with E-state index < -0.39 is 17.7 Å². The van der Waals surface area contributed by atoms with Gasteiger partial charge in [0.2, 0.25) is 5.78 Å². The molecule has 1 aliphatic rings. The Morgan fingerprint density at radius 2 is 1.68 bits per heavy atom. The molecule has 5 heteroatoms. The number of quaternary nitrogens is 1. The third-order valence-electron chi connectivity index (χ3n) is 5.03. The topological polar surface area (TPSA) is 64.9 Å². The molecule has 0 radical (unpaired) electrons. The van der Waals surface area contributed by atoms with E-state index >= 15 is 0 Å². The van der Waals surface area contributed by atoms with E-state index in [2.05, 4.69) is 0 Å². The van der Waals surface area contributed by atoms with Gasteiger partial charge in [-0.15, -0.1) is 0 Å². The lowest BCUT2D eigenvalue weighted by molar-refractivity contribution is -0.858. The number of nitrogens with zero attached hydrogens (tertiary/aromatic N) is 1. The Labute approximate surface area is 165 Å². The first-order valence-corrected chi connectivity index (χ1v) is 9.57. The molecule has 1 fully saturated rings. The van der Waals surface area contributed by atoms with Gasteiger partial charge in [-0.25, -0.2) is 0 Å². The molecule has 1 saturated heterocycles. The van der Waals surface area contributed by atoms with Crippen LogP contribution in [0.25, 0.3) is 5.76 Å². The Hall–Kier alpha value is -2.92. The number of rotatable bonds is 6. The van der Waals surface area contributed by atoms with Gasteiger partial charge in [0.25, 0.3) is 5.91 Å². The molecule has 1 atom stereocenters. The summed E-state index contributed by atoms with van der Waals surface area (Å²) < 4.78 is 0. The summed E-state index contributed by atoms with van der Waals surface area (Å²) in [6.07, 6.45) is 0.761. The molecule has 0 spiro atoms. The second-order valence-corrected chi connectivity index (χ2v) is 7.56. The van der Waals surface area contributed by atoms with Crippen molar-refractivity contribution in [3.05, 3.63) is 76.9 Å². The van der Waals surface area contributed by atoms with Gasteiger partial charge in [-0.3, -0.25) is 9.59 Å². The van der Waals surface area contributed by atoms with Crippen molar-refractivity contribution in [2.24, 2.45) is 0 Å². The van der Waals surface area contributed by atoms with E-state index in [1.807, 2.05) is 63.5 Å². The summed E-state index contributed by atoms with van der Waals surface area (Å²) >= 11 is 0. The second kappa shape index (κ2) is 8.40. The number of hydrogen-bond donors (Lipinski definition) is 1. The van der Waals surface area contributed by atoms with E-state index in [1.54, 1.807) is 17.0 Å². The molecule has 0 aliphatic carbocycles. The van der Waals surface area contributed by atoms with E-state index in [-0.39, 0.29) is 11.3 Å². The standard InChI is InChI=1S/C23H26N2O3/c1-16-10-12-18(13-11-16)21(26)19-20(17-8-5-4-6-9-17)25(23(28)22(19)27)15-7-14-24(2)3/h4-6,8-13,20,26H,7,14-15H2,1-3H3/b21-19+. The molecule has 2 aromatic rings. The normalized spacial score (nSPS) is 18.9. The largest absolute Gasteiger partial charge is 0.872 e. The molecule has 5 nitrogen and oxygen atoms in total. The summed E-state index contributed by atoms with van der Waals surface area (Å²) in [7, 11) is 4.09. The molecular weight excluding hydrogens is 352 g/mol. The fourth-order valence-electron chi connectivity index (χ4n) is 3.55. The van der Waals surface area contributed by atoms with Crippen LogP contribution in [0.2, 0.25) is 0 Å². The highest BCUT2D eigenvalue weighted by atomic mass is 16.3. The highest BCUT2D eigenvalue weighted by Crippen LogP contribution is 2.38. The predicted molar refractivity (Wildman–Crippen MR) is 106 cm³/mol. The van der Waals surface area contributed by atoms with Crippen molar-refractivity contribution in [3.8, 4) is 0 Å². The zero-order chi connectivity index (χ0) is 20.3. The molecule has 0 bridgehead atoms. The summed E-state index contributed by atoms with van der Waals surface area (Å²) in [5.41, 5.74) is 2.30. The smallest absolute Gasteiger partial charge is 0.295 e. The summed E-state index contributed by atoms with van der Waals surface area (Å²) in [4.78, 5) is 28.4. The summed E-state index contributed by atoms with van der Waals surface area (Å²) in [5.74, 6) is -1.64. The van der Waals surface area contributed by atoms with Gasteiger partial charge in [0.15, 0.2) is 0 Å². The molecule has 1 N–H and O–H groups in total. The molecule has 146 valence electrons. The fraction of sp³-hybridized carbons (Fsp3) is 0.304. The minimum absolute atomic E-state index is 0.0530. The number of carbonyl (C=O) groups is 2. The highest BCUT2D eigenvalue weighted by molar-refractivity contribution is 6.46. The van der Waals surface area contributed by atoms with Crippen molar-refractivity contribution >= 4 is 17.4 Å². The quantitative estimate of drug-likeness (QED) is 0.458. The third kappa shape index (κ3) is 3.99. The lowest BCUT2D eigenvalue weighted by Gasteiger charge is -2.27. The van der Waals surface area contributed by atoms with Gasteiger partial charge in [0.1, 0.15) is 0 Å². The maximum absolute atomic E-state index is 13.2. The Morgan fingerprint density at radius 3 is 2.29 bits per heavy atom. The zero-order valence-electron chi connectivity index (χ0n) is 16.6. The van der Waals surface area contributed by atoms with E-state index in [9.17, 15) is 14.7 Å². The lowest BCUT2D eigenvalue weighted by Crippen LogP contribution is -3.05. The van der Waals surface area contributed by atoms with Gasteiger partial charge in [0.05, 0.1) is 26.7 Å². The monoisotopic (exact) mass is 378 g/mol. The van der Waals surface area contributed by atoms with Crippen LogP contribution < -0.4 is 10.0 Å². The van der Waals surface area contributed by atoms with Crippen LogP contribution in [0.3, 0.4) is 0 Å². The highest BCUT2D eigenvalue weighted by Gasteiger charge is 2.43. The van der Waals surface area contributed by atoms with E-state index in [4.69, 9.17) is 0 Å². The number of ketones is 1. The molecule has 28 heavy (non-hydrogen) atoms. The van der Waals surface area contributed by atoms with Crippen molar-refractivity contribution in [1.82, 2.24) is 4.90 Å². The number of likely N-dealkylation sites (tertiary alicyclic amines) is 1. The molecule has 1 unspecified atom stereocenters. The SMILES string of the molecule is Cc1ccc(/C([O-])=C2\C(=O)C(=O)N(CCC[NH+](C)C)C2c2ccccc2)cc1. The van der Waals surface area contributed by atoms with Crippen molar-refractivity contribution in [1.29, 1.82) is 0 Å². The second-order valence-electron chi connectivity index (χ2n) is 7.56. The van der Waals surface area contributed by atoms with Gasteiger partial charge < -0.3 is 14.9 Å². The number of hydrogen-bond acceptors (Lipinski definition) is 3. The van der Waals surface area contributed by atoms with E-state index in [0.717, 1.165) is 24.1 Å². The van der Waals surface area contributed by atoms with Gasteiger partial charge in [-0.05, 0) is 18.1 Å². The zero-order valence-corrected chi connectivity index (χ0v) is 16.6. The van der Waals surface area contributed by atoms with Crippen molar-refractivity contribution in [2.45, 2.75) is 19.4 Å². The van der Waals surface area contributed by atoms with Crippen LogP contribution in [-0.4, -0.2) is 43.8 Å². The summed E-state index contributed by atoms with van der Waals surface area (Å²) in [6.45, 7) is 3.26. The number of benzene rings is 2. The molecule has 2 aromatic carbocycles. The minimum Gasteiger partial charge on any atom is -0.872 e. The molecule has 1 aliphatic heterocycles. The van der Waals surface area contributed by atoms with Crippen LogP contribution in [0, 0.1) is 6.92 Å². The maximum Gasteiger partial charge on any atom is 0.295 e. The van der Waals surface area contributed by atoms with Gasteiger partial charge in [-0.2, -0.15) is 0 Å². The first-order valence-electron chi connectivity index (χ1n) is 9.57. The Balaban J connectivity index is 2.06. The van der Waals surface area contributed by atoms with Crippen LogP contribution in [0.1, 0.15) is 29.2 Å². The summed E-state index contributed by atoms with van der Waals surface area (Å²) in [6, 6.07) is 15.8. The van der Waals surface area contributed by atoms with Crippen molar-refractivity contribution in [2.75, 3.05) is 27.2 Å². The number of carbonyl (C=O) groups excluding carboxylic acids is 2. The Morgan fingerprint density at radius 1 is 1.04 bits per heavy atom. The van der Waals surface area contributed by atoms with Crippen LogP contribution >= 0.6 is 0 Å². The van der Waals surface area contributed by atoms with Gasteiger partial charge in [-0.1, -0.05) is 65.9 Å². The number of aryl methyl sites for hydroxylation is 1. The maximum atomic E-state index is 13.2. The molecule has 3 rings (SSSR count). The Bertz CT molecular complexity index is 886. The predicted octanol–water partition coefficient (Wildman–Crippen LogP) is 0.754. The average Bonchev–Trinajstić information content (AvgIpc) is 2.93. The number of Topliss-reactive ketones (excluding diaryl/α,β-unsaturated/α-hetero) is 1. The number of nitrogens with one attached hydrogen (secondary N) is 1. The van der Waals surface area contributed by atoms with Crippen LogP contribution in [0.4, 0.5) is 0 Å². The first-order chi connectivity index (χ1) is 13.4. The molecular formula is C23H26N2O3. The van der Waals surface area contributed by atoms with Gasteiger partial charge in [0, 0.05) is 18.5 Å². The molecule has 1 heterocycles. The van der Waals surface area contributed by atoms with Gasteiger partial charge >= 0.3 is 0 Å². The van der Waals surface area contributed by atoms with Crippen molar-refractivity contribution in [3.63, 3.8) is 0 Å². The first kappa shape index (κ1) is 19.8. The minimum atomic E-state index is -0.684. The average molecular weight is 378 g/mol. The number of amides is 1. The molecule has 0 saturated carbocycles. The molecule has 1 amide bonds.